The lowest BCUT2D eigenvalue weighted by Crippen LogP contribution is -2.62. The molecule has 0 spiro atoms. The topological polar surface area (TPSA) is 90.3 Å². The van der Waals surface area contributed by atoms with Crippen molar-refractivity contribution in [3.63, 3.8) is 0 Å². The van der Waals surface area contributed by atoms with Gasteiger partial charge in [-0.05, 0) is 43.9 Å². The molecular formula is C19H30N2O5S. The van der Waals surface area contributed by atoms with Crippen molar-refractivity contribution in [2.24, 2.45) is 0 Å². The Labute approximate surface area is 161 Å². The summed E-state index contributed by atoms with van der Waals surface area (Å²) in [7, 11) is -3.15. The fourth-order valence-electron chi connectivity index (χ4n) is 4.00. The van der Waals surface area contributed by atoms with Gasteiger partial charge in [0.25, 0.3) is 0 Å². The number of aliphatic hydroxyl groups excluding tert-OH is 1. The van der Waals surface area contributed by atoms with Crippen molar-refractivity contribution in [2.45, 2.75) is 43.9 Å². The third kappa shape index (κ3) is 5.00. The third-order valence-electron chi connectivity index (χ3n) is 5.67. The molecule has 2 aliphatic heterocycles. The van der Waals surface area contributed by atoms with Crippen molar-refractivity contribution in [1.29, 1.82) is 0 Å². The van der Waals surface area contributed by atoms with Crippen LogP contribution in [0.3, 0.4) is 0 Å². The molecule has 0 saturated carbocycles. The maximum Gasteiger partial charge on any atom is 0.211 e. The van der Waals surface area contributed by atoms with Crippen molar-refractivity contribution < 1.29 is 23.4 Å². The van der Waals surface area contributed by atoms with Gasteiger partial charge >= 0.3 is 0 Å². The molecule has 0 aromatic heterocycles. The van der Waals surface area contributed by atoms with Crippen molar-refractivity contribution in [2.75, 3.05) is 39.0 Å². The normalized spacial score (nSPS) is 29.0. The van der Waals surface area contributed by atoms with Crippen LogP contribution in [-0.4, -0.2) is 84.6 Å². The van der Waals surface area contributed by atoms with Gasteiger partial charge in [0.15, 0.2) is 0 Å². The molecule has 1 aromatic rings. The van der Waals surface area contributed by atoms with Gasteiger partial charge in [-0.2, -0.15) is 0 Å². The van der Waals surface area contributed by atoms with E-state index in [4.69, 9.17) is 4.74 Å². The highest BCUT2D eigenvalue weighted by Gasteiger charge is 2.44. The van der Waals surface area contributed by atoms with Gasteiger partial charge in [-0.25, -0.2) is 12.7 Å². The zero-order chi connectivity index (χ0) is 19.7. The number of β-amino-alcohol motifs (C(OH)–C–C–N with tert-alkyl or cyclic N) is 1. The van der Waals surface area contributed by atoms with Crippen LogP contribution in [0.15, 0.2) is 24.3 Å². The first-order valence-electron chi connectivity index (χ1n) is 9.46. The van der Waals surface area contributed by atoms with Crippen LogP contribution >= 0.6 is 0 Å². The summed E-state index contributed by atoms with van der Waals surface area (Å²) in [4.78, 5) is 2.17. The SMILES string of the molecule is Cc1cccc(OC[C@@]2(O)CN(C3CCN(S(C)(=O)=O)CC3)CC[C@@H]2O)c1. The maximum atomic E-state index is 11.7. The molecule has 2 saturated heterocycles. The summed E-state index contributed by atoms with van der Waals surface area (Å²) in [6.45, 7) is 4.01. The zero-order valence-corrected chi connectivity index (χ0v) is 16.9. The lowest BCUT2D eigenvalue weighted by atomic mass is 9.88. The third-order valence-corrected chi connectivity index (χ3v) is 6.98. The number of benzene rings is 1. The molecule has 27 heavy (non-hydrogen) atoms. The standard InChI is InChI=1S/C19H30N2O5S/c1-15-4-3-5-17(12-15)26-14-19(23)13-20(9-8-18(19)22)16-6-10-21(11-7-16)27(2,24)25/h3-5,12,16,18,22-23H,6-11,13-14H2,1-2H3/t18-,19-/m0/s1. The largest absolute Gasteiger partial charge is 0.490 e. The monoisotopic (exact) mass is 398 g/mol. The Morgan fingerprint density at radius 3 is 2.56 bits per heavy atom. The second-order valence-corrected chi connectivity index (χ2v) is 9.86. The molecule has 2 heterocycles. The summed E-state index contributed by atoms with van der Waals surface area (Å²) in [5, 5.41) is 21.4. The molecule has 1 aromatic carbocycles. The smallest absolute Gasteiger partial charge is 0.211 e. The maximum absolute atomic E-state index is 11.7. The molecule has 152 valence electrons. The molecular weight excluding hydrogens is 368 g/mol. The van der Waals surface area contributed by atoms with E-state index in [1.807, 2.05) is 31.2 Å². The van der Waals surface area contributed by atoms with Crippen LogP contribution in [0, 0.1) is 6.92 Å². The number of nitrogens with zero attached hydrogens (tertiary/aromatic N) is 2. The van der Waals surface area contributed by atoms with Gasteiger partial charge in [0.05, 0.1) is 12.4 Å². The second kappa shape index (κ2) is 8.05. The molecule has 0 amide bonds. The van der Waals surface area contributed by atoms with Gasteiger partial charge < -0.3 is 14.9 Å². The number of aryl methyl sites for hydroxylation is 1. The van der Waals surface area contributed by atoms with Gasteiger partial charge in [0.1, 0.15) is 18.0 Å². The van der Waals surface area contributed by atoms with Crippen LogP contribution in [0.5, 0.6) is 5.75 Å². The second-order valence-electron chi connectivity index (χ2n) is 7.88. The lowest BCUT2D eigenvalue weighted by molar-refractivity contribution is -0.147. The fraction of sp³-hybridized carbons (Fsp3) is 0.684. The van der Waals surface area contributed by atoms with Crippen molar-refractivity contribution in [3.8, 4) is 5.75 Å². The van der Waals surface area contributed by atoms with E-state index in [-0.39, 0.29) is 12.6 Å². The van der Waals surface area contributed by atoms with Crippen LogP contribution in [-0.2, 0) is 10.0 Å². The Balaban J connectivity index is 1.60. The first-order chi connectivity index (χ1) is 12.7. The predicted octanol–water partition coefficient (Wildman–Crippen LogP) is 0.596. The number of hydrogen-bond acceptors (Lipinski definition) is 6. The minimum Gasteiger partial charge on any atom is -0.490 e. The van der Waals surface area contributed by atoms with Gasteiger partial charge in [-0.15, -0.1) is 0 Å². The van der Waals surface area contributed by atoms with E-state index >= 15 is 0 Å². The number of ether oxygens (including phenoxy) is 1. The Morgan fingerprint density at radius 1 is 1.22 bits per heavy atom. The Morgan fingerprint density at radius 2 is 1.93 bits per heavy atom. The minimum atomic E-state index is -3.15. The zero-order valence-electron chi connectivity index (χ0n) is 16.0. The van der Waals surface area contributed by atoms with E-state index in [2.05, 4.69) is 4.90 Å². The summed E-state index contributed by atoms with van der Waals surface area (Å²) >= 11 is 0. The number of piperidine rings is 2. The molecule has 8 heteroatoms. The summed E-state index contributed by atoms with van der Waals surface area (Å²) in [5.41, 5.74) is -0.265. The number of hydrogen-bond donors (Lipinski definition) is 2. The van der Waals surface area contributed by atoms with E-state index < -0.39 is 21.7 Å². The number of sulfonamides is 1. The molecule has 3 rings (SSSR count). The molecule has 2 atom stereocenters. The van der Waals surface area contributed by atoms with Gasteiger partial charge in [0, 0.05) is 32.2 Å². The fourth-order valence-corrected chi connectivity index (χ4v) is 4.87. The summed E-state index contributed by atoms with van der Waals surface area (Å²) < 4.78 is 30.6. The van der Waals surface area contributed by atoms with E-state index in [1.165, 1.54) is 10.6 Å². The Bertz CT molecular complexity index is 748. The van der Waals surface area contributed by atoms with Crippen molar-refractivity contribution in [1.82, 2.24) is 9.21 Å². The van der Waals surface area contributed by atoms with Crippen molar-refractivity contribution in [3.05, 3.63) is 29.8 Å². The summed E-state index contributed by atoms with van der Waals surface area (Å²) in [6, 6.07) is 7.82. The van der Waals surface area contributed by atoms with Crippen LogP contribution in [0.25, 0.3) is 0 Å². The van der Waals surface area contributed by atoms with Crippen LogP contribution in [0.2, 0.25) is 0 Å². The average Bonchev–Trinajstić information content (AvgIpc) is 2.62. The quantitative estimate of drug-likeness (QED) is 0.755. The molecule has 2 N–H and O–H groups in total. The molecule has 7 nitrogen and oxygen atoms in total. The predicted molar refractivity (Wildman–Crippen MR) is 103 cm³/mol. The Hall–Kier alpha value is -1.19. The average molecular weight is 399 g/mol. The van der Waals surface area contributed by atoms with E-state index in [0.717, 1.165) is 18.4 Å². The van der Waals surface area contributed by atoms with E-state index in [9.17, 15) is 18.6 Å². The number of rotatable bonds is 5. The highest BCUT2D eigenvalue weighted by Crippen LogP contribution is 2.28. The van der Waals surface area contributed by atoms with Crippen LogP contribution < -0.4 is 4.74 Å². The van der Waals surface area contributed by atoms with Crippen LogP contribution in [0.4, 0.5) is 0 Å². The molecule has 2 fully saturated rings. The molecule has 0 unspecified atom stereocenters. The van der Waals surface area contributed by atoms with E-state index in [0.29, 0.717) is 38.3 Å². The highest BCUT2D eigenvalue weighted by molar-refractivity contribution is 7.88. The van der Waals surface area contributed by atoms with E-state index in [1.54, 1.807) is 0 Å². The molecule has 0 bridgehead atoms. The Kier molecular flexibility index (Phi) is 6.12. The minimum absolute atomic E-state index is 0.0241. The van der Waals surface area contributed by atoms with Crippen LogP contribution in [0.1, 0.15) is 24.8 Å². The van der Waals surface area contributed by atoms with Gasteiger partial charge in [-0.1, -0.05) is 12.1 Å². The first kappa shape index (κ1) is 20.5. The molecule has 0 aliphatic carbocycles. The van der Waals surface area contributed by atoms with Crippen molar-refractivity contribution >= 4 is 10.0 Å². The lowest BCUT2D eigenvalue weighted by Gasteiger charge is -2.47. The number of likely N-dealkylation sites (tertiary alicyclic amines) is 1. The summed E-state index contributed by atoms with van der Waals surface area (Å²) in [5.74, 6) is 0.675. The van der Waals surface area contributed by atoms with Gasteiger partial charge in [0.2, 0.25) is 10.0 Å². The highest BCUT2D eigenvalue weighted by atomic mass is 32.2. The number of aliphatic hydroxyl groups is 2. The molecule has 0 radical (unpaired) electrons. The molecule has 2 aliphatic rings. The summed E-state index contributed by atoms with van der Waals surface area (Å²) in [6.07, 6.45) is 2.34. The van der Waals surface area contributed by atoms with Gasteiger partial charge in [-0.3, -0.25) is 4.90 Å². The first-order valence-corrected chi connectivity index (χ1v) is 11.3.